The van der Waals surface area contributed by atoms with Crippen LogP contribution in [0.2, 0.25) is 0 Å². The molecule has 104 valence electrons. The Labute approximate surface area is 132 Å². The molecule has 1 atom stereocenters. The van der Waals surface area contributed by atoms with E-state index in [4.69, 9.17) is 4.74 Å². The number of rotatable bonds is 2. The van der Waals surface area contributed by atoms with Crippen LogP contribution >= 0.6 is 31.9 Å². The van der Waals surface area contributed by atoms with E-state index in [0.717, 1.165) is 16.5 Å². The van der Waals surface area contributed by atoms with Crippen molar-refractivity contribution in [3.8, 4) is 5.75 Å². The van der Waals surface area contributed by atoms with Gasteiger partial charge >= 0.3 is 0 Å². The van der Waals surface area contributed by atoms with Gasteiger partial charge < -0.3 is 9.84 Å². The van der Waals surface area contributed by atoms with E-state index in [0.29, 0.717) is 22.4 Å². The van der Waals surface area contributed by atoms with Crippen LogP contribution in [0.25, 0.3) is 0 Å². The first-order valence-electron chi connectivity index (χ1n) is 6.15. The van der Waals surface area contributed by atoms with Crippen molar-refractivity contribution < 1.29 is 14.2 Å². The van der Waals surface area contributed by atoms with Gasteiger partial charge in [-0.05, 0) is 29.8 Å². The zero-order valence-electron chi connectivity index (χ0n) is 10.4. The van der Waals surface area contributed by atoms with Gasteiger partial charge in [0, 0.05) is 26.5 Å². The molecule has 1 aliphatic heterocycles. The van der Waals surface area contributed by atoms with Gasteiger partial charge in [0.1, 0.15) is 17.7 Å². The molecule has 2 aromatic carbocycles. The lowest BCUT2D eigenvalue weighted by Crippen LogP contribution is -2.06. The first-order valence-corrected chi connectivity index (χ1v) is 7.73. The van der Waals surface area contributed by atoms with Crippen molar-refractivity contribution in [3.63, 3.8) is 0 Å². The predicted molar refractivity (Wildman–Crippen MR) is 81.5 cm³/mol. The number of aliphatic hydroxyl groups excluding tert-OH is 1. The molecule has 1 aliphatic rings. The Morgan fingerprint density at radius 1 is 1.25 bits per heavy atom. The molecular formula is C15H11Br2FO2. The summed E-state index contributed by atoms with van der Waals surface area (Å²) >= 11 is 6.71. The molecule has 1 N–H and O–H groups in total. The van der Waals surface area contributed by atoms with Gasteiger partial charge in [0.05, 0.1) is 6.61 Å². The van der Waals surface area contributed by atoms with Crippen LogP contribution in [0.5, 0.6) is 5.75 Å². The Hall–Kier alpha value is -0.910. The molecule has 0 amide bonds. The molecule has 5 heteroatoms. The third kappa shape index (κ3) is 2.38. The van der Waals surface area contributed by atoms with Crippen molar-refractivity contribution in [1.29, 1.82) is 0 Å². The van der Waals surface area contributed by atoms with Gasteiger partial charge in [0.2, 0.25) is 0 Å². The molecule has 0 aliphatic carbocycles. The second-order valence-electron chi connectivity index (χ2n) is 4.62. The van der Waals surface area contributed by atoms with Crippen LogP contribution in [0, 0.1) is 5.82 Å². The maximum Gasteiger partial charge on any atom is 0.130 e. The summed E-state index contributed by atoms with van der Waals surface area (Å²) < 4.78 is 21.0. The van der Waals surface area contributed by atoms with E-state index in [1.807, 2.05) is 6.07 Å². The minimum absolute atomic E-state index is 0.225. The summed E-state index contributed by atoms with van der Waals surface area (Å²) in [6, 6.07) is 8.38. The van der Waals surface area contributed by atoms with Gasteiger partial charge in [-0.15, -0.1) is 0 Å². The Morgan fingerprint density at radius 3 is 2.80 bits per heavy atom. The number of hydrogen-bond donors (Lipinski definition) is 1. The number of hydrogen-bond acceptors (Lipinski definition) is 2. The summed E-state index contributed by atoms with van der Waals surface area (Å²) in [6.07, 6.45) is -0.276. The van der Waals surface area contributed by atoms with E-state index >= 15 is 0 Å². The van der Waals surface area contributed by atoms with E-state index in [1.165, 1.54) is 6.07 Å². The second-order valence-corrected chi connectivity index (χ2v) is 6.39. The van der Waals surface area contributed by atoms with Gasteiger partial charge in [-0.3, -0.25) is 0 Å². The molecule has 1 unspecified atom stereocenters. The highest BCUT2D eigenvalue weighted by molar-refractivity contribution is 9.10. The maximum absolute atomic E-state index is 14.0. The van der Waals surface area contributed by atoms with Crippen molar-refractivity contribution in [2.45, 2.75) is 12.5 Å². The number of benzene rings is 2. The lowest BCUT2D eigenvalue weighted by molar-refractivity contribution is 0.208. The van der Waals surface area contributed by atoms with Crippen LogP contribution in [0.1, 0.15) is 22.8 Å². The minimum Gasteiger partial charge on any atom is -0.493 e. The average molecular weight is 402 g/mol. The smallest absolute Gasteiger partial charge is 0.130 e. The van der Waals surface area contributed by atoms with Crippen molar-refractivity contribution in [2.75, 3.05) is 6.61 Å². The summed E-state index contributed by atoms with van der Waals surface area (Å²) in [5.74, 6) is 0.217. The van der Waals surface area contributed by atoms with Crippen LogP contribution in [0.15, 0.2) is 39.3 Å². The number of aliphatic hydroxyl groups is 1. The number of halogens is 3. The number of ether oxygens (including phenoxy) is 1. The standard InChI is InChI=1S/C15H11Br2FO2/c16-9-6-8-4-5-20-15(8)10(7-9)14(19)13-11(17)2-1-3-12(13)18/h1-3,6-7,14,19H,4-5H2. The first kappa shape index (κ1) is 14.0. The summed E-state index contributed by atoms with van der Waals surface area (Å²) in [5, 5.41) is 10.6. The lowest BCUT2D eigenvalue weighted by atomic mass is 9.98. The second kappa shape index (κ2) is 5.47. The fraction of sp³-hybridized carbons (Fsp3) is 0.200. The molecular weight excluding hydrogens is 391 g/mol. The van der Waals surface area contributed by atoms with Gasteiger partial charge in [-0.2, -0.15) is 0 Å². The van der Waals surface area contributed by atoms with Gasteiger partial charge in [-0.1, -0.05) is 37.9 Å². The Bertz CT molecular complexity index is 653. The lowest BCUT2D eigenvalue weighted by Gasteiger charge is -2.17. The average Bonchev–Trinajstić information content (AvgIpc) is 2.85. The largest absolute Gasteiger partial charge is 0.493 e. The molecule has 20 heavy (non-hydrogen) atoms. The van der Waals surface area contributed by atoms with E-state index in [2.05, 4.69) is 31.9 Å². The molecule has 1 heterocycles. The highest BCUT2D eigenvalue weighted by atomic mass is 79.9. The van der Waals surface area contributed by atoms with Crippen LogP contribution in [-0.4, -0.2) is 11.7 Å². The topological polar surface area (TPSA) is 29.5 Å². The molecule has 0 saturated carbocycles. The van der Waals surface area contributed by atoms with Gasteiger partial charge in [0.15, 0.2) is 0 Å². The zero-order valence-corrected chi connectivity index (χ0v) is 13.5. The molecule has 3 rings (SSSR count). The van der Waals surface area contributed by atoms with Crippen LogP contribution < -0.4 is 4.74 Å². The van der Waals surface area contributed by atoms with E-state index < -0.39 is 11.9 Å². The molecule has 2 nitrogen and oxygen atoms in total. The van der Waals surface area contributed by atoms with Crippen molar-refractivity contribution in [2.24, 2.45) is 0 Å². The van der Waals surface area contributed by atoms with E-state index in [9.17, 15) is 9.50 Å². The van der Waals surface area contributed by atoms with E-state index in [1.54, 1.807) is 18.2 Å². The molecule has 2 aromatic rings. The fourth-order valence-electron chi connectivity index (χ4n) is 2.43. The Morgan fingerprint density at radius 2 is 2.05 bits per heavy atom. The summed E-state index contributed by atoms with van der Waals surface area (Å²) in [5.41, 5.74) is 1.84. The highest BCUT2D eigenvalue weighted by Crippen LogP contribution is 2.40. The number of fused-ring (bicyclic) bond motifs is 1. The van der Waals surface area contributed by atoms with Crippen LogP contribution in [-0.2, 0) is 6.42 Å². The molecule has 0 saturated heterocycles. The third-order valence-corrected chi connectivity index (χ3v) is 4.49. The third-order valence-electron chi connectivity index (χ3n) is 3.34. The SMILES string of the molecule is OC(c1cc(Br)cc2c1OCC2)c1c(F)cccc1Br. The molecule has 0 radical (unpaired) electrons. The Balaban J connectivity index is 2.14. The Kier molecular flexibility index (Phi) is 3.84. The summed E-state index contributed by atoms with van der Waals surface area (Å²) in [6.45, 7) is 0.587. The quantitative estimate of drug-likeness (QED) is 0.809. The van der Waals surface area contributed by atoms with Gasteiger partial charge in [-0.25, -0.2) is 4.39 Å². The van der Waals surface area contributed by atoms with Crippen LogP contribution in [0.3, 0.4) is 0 Å². The summed E-state index contributed by atoms with van der Waals surface area (Å²) in [4.78, 5) is 0. The zero-order chi connectivity index (χ0) is 14.3. The minimum atomic E-state index is -1.07. The van der Waals surface area contributed by atoms with Crippen molar-refractivity contribution in [3.05, 3.63) is 61.8 Å². The summed E-state index contributed by atoms with van der Waals surface area (Å²) in [7, 11) is 0. The van der Waals surface area contributed by atoms with E-state index in [-0.39, 0.29) is 5.56 Å². The monoisotopic (exact) mass is 400 g/mol. The fourth-order valence-corrected chi connectivity index (χ4v) is 3.51. The highest BCUT2D eigenvalue weighted by Gasteiger charge is 2.26. The molecule has 0 aromatic heterocycles. The van der Waals surface area contributed by atoms with Crippen molar-refractivity contribution in [1.82, 2.24) is 0 Å². The predicted octanol–water partition coefficient (Wildman–Crippen LogP) is 4.37. The first-order chi connectivity index (χ1) is 9.58. The van der Waals surface area contributed by atoms with Crippen LogP contribution in [0.4, 0.5) is 4.39 Å². The maximum atomic E-state index is 14.0. The van der Waals surface area contributed by atoms with Gasteiger partial charge in [0.25, 0.3) is 0 Å². The molecule has 0 spiro atoms. The molecule has 0 fully saturated rings. The molecule has 0 bridgehead atoms. The normalized spacial score (nSPS) is 14.8. The van der Waals surface area contributed by atoms with Crippen molar-refractivity contribution >= 4 is 31.9 Å².